The molecular formula is C21H26N4O3. The standard InChI is InChI=1S/C21H26N4O3/c26-21(24-9-2-1-3-10-24)16-7-4-6-15(12-16)20-22-19(23-28-20)18-13-25-11-5-8-17(25)14-27-18/h4,6-7,12,17-18H,1-3,5,8-11,13-14H2. The molecule has 0 N–H and O–H groups in total. The summed E-state index contributed by atoms with van der Waals surface area (Å²) in [5.74, 6) is 1.11. The zero-order valence-corrected chi connectivity index (χ0v) is 16.0. The molecule has 7 heteroatoms. The van der Waals surface area contributed by atoms with Crippen molar-refractivity contribution in [2.75, 3.05) is 32.8 Å². The van der Waals surface area contributed by atoms with Gasteiger partial charge in [-0.1, -0.05) is 11.2 Å². The first-order chi connectivity index (χ1) is 13.8. The van der Waals surface area contributed by atoms with Crippen LogP contribution in [0.15, 0.2) is 28.8 Å². The van der Waals surface area contributed by atoms with Crippen LogP contribution in [0.3, 0.4) is 0 Å². The SMILES string of the molecule is O=C(c1cccc(-c2nc(C3CN4CCCC4CO3)no2)c1)N1CCCCC1. The number of likely N-dealkylation sites (tertiary alicyclic amines) is 1. The summed E-state index contributed by atoms with van der Waals surface area (Å²) in [6.07, 6.45) is 5.66. The third-order valence-corrected chi connectivity index (χ3v) is 6.12. The number of aromatic nitrogens is 2. The van der Waals surface area contributed by atoms with Crippen molar-refractivity contribution in [2.45, 2.75) is 44.2 Å². The van der Waals surface area contributed by atoms with Crippen molar-refractivity contribution in [2.24, 2.45) is 0 Å². The van der Waals surface area contributed by atoms with Crippen LogP contribution in [0.5, 0.6) is 0 Å². The van der Waals surface area contributed by atoms with E-state index >= 15 is 0 Å². The molecule has 0 bridgehead atoms. The van der Waals surface area contributed by atoms with Gasteiger partial charge in [0.2, 0.25) is 5.82 Å². The molecule has 0 aliphatic carbocycles. The molecule has 1 aromatic heterocycles. The Kier molecular flexibility index (Phi) is 4.86. The maximum Gasteiger partial charge on any atom is 0.258 e. The molecule has 0 saturated carbocycles. The van der Waals surface area contributed by atoms with Gasteiger partial charge in [0.25, 0.3) is 11.8 Å². The number of amides is 1. The van der Waals surface area contributed by atoms with Crippen molar-refractivity contribution in [1.29, 1.82) is 0 Å². The average molecular weight is 382 g/mol. The van der Waals surface area contributed by atoms with Gasteiger partial charge in [0.15, 0.2) is 0 Å². The van der Waals surface area contributed by atoms with Gasteiger partial charge in [0.05, 0.1) is 6.61 Å². The Morgan fingerprint density at radius 2 is 2.00 bits per heavy atom. The molecule has 0 radical (unpaired) electrons. The van der Waals surface area contributed by atoms with Crippen LogP contribution in [0.4, 0.5) is 0 Å². The summed E-state index contributed by atoms with van der Waals surface area (Å²) in [7, 11) is 0. The van der Waals surface area contributed by atoms with E-state index in [0.717, 1.165) is 51.2 Å². The maximum atomic E-state index is 12.8. The van der Waals surface area contributed by atoms with Crippen molar-refractivity contribution in [1.82, 2.24) is 19.9 Å². The van der Waals surface area contributed by atoms with Crippen LogP contribution in [0.2, 0.25) is 0 Å². The summed E-state index contributed by atoms with van der Waals surface area (Å²) in [6, 6.07) is 8.03. The van der Waals surface area contributed by atoms with Gasteiger partial charge in [-0.25, -0.2) is 0 Å². The van der Waals surface area contributed by atoms with E-state index in [4.69, 9.17) is 9.26 Å². The van der Waals surface area contributed by atoms with Crippen LogP contribution in [-0.2, 0) is 4.74 Å². The van der Waals surface area contributed by atoms with Crippen LogP contribution < -0.4 is 0 Å². The van der Waals surface area contributed by atoms with Crippen molar-refractivity contribution in [3.05, 3.63) is 35.7 Å². The van der Waals surface area contributed by atoms with Crippen LogP contribution in [-0.4, -0.2) is 64.7 Å². The molecule has 2 aromatic rings. The first-order valence-corrected chi connectivity index (χ1v) is 10.4. The highest BCUT2D eigenvalue weighted by atomic mass is 16.5. The number of carbonyl (C=O) groups excluding carboxylic acids is 1. The van der Waals surface area contributed by atoms with Crippen molar-refractivity contribution in [3.63, 3.8) is 0 Å². The molecule has 1 aromatic carbocycles. The topological polar surface area (TPSA) is 71.7 Å². The van der Waals surface area contributed by atoms with E-state index in [0.29, 0.717) is 23.3 Å². The van der Waals surface area contributed by atoms with E-state index in [9.17, 15) is 4.79 Å². The lowest BCUT2D eigenvalue weighted by atomic mass is 10.1. The number of hydrogen-bond acceptors (Lipinski definition) is 6. The summed E-state index contributed by atoms with van der Waals surface area (Å²) < 4.78 is 11.5. The first kappa shape index (κ1) is 17.8. The Morgan fingerprint density at radius 1 is 1.11 bits per heavy atom. The number of nitrogens with zero attached hydrogens (tertiary/aromatic N) is 4. The highest BCUT2D eigenvalue weighted by molar-refractivity contribution is 5.95. The molecule has 3 aliphatic heterocycles. The normalized spacial score (nSPS) is 25.6. The van der Waals surface area contributed by atoms with Gasteiger partial charge in [0, 0.05) is 36.8 Å². The van der Waals surface area contributed by atoms with Crippen LogP contribution in [0.1, 0.15) is 54.4 Å². The fourth-order valence-corrected chi connectivity index (χ4v) is 4.52. The number of ether oxygens (including phenoxy) is 1. The molecule has 3 saturated heterocycles. The molecule has 0 spiro atoms. The Morgan fingerprint density at radius 3 is 2.89 bits per heavy atom. The molecule has 28 heavy (non-hydrogen) atoms. The summed E-state index contributed by atoms with van der Waals surface area (Å²) in [4.78, 5) is 21.7. The fourth-order valence-electron chi connectivity index (χ4n) is 4.52. The minimum Gasteiger partial charge on any atom is -0.367 e. The smallest absolute Gasteiger partial charge is 0.258 e. The summed E-state index contributed by atoms with van der Waals surface area (Å²) in [6.45, 7) is 4.34. The number of piperidine rings is 1. The molecule has 2 unspecified atom stereocenters. The van der Waals surface area contributed by atoms with Gasteiger partial charge < -0.3 is 14.2 Å². The van der Waals surface area contributed by atoms with E-state index in [-0.39, 0.29) is 12.0 Å². The Labute approximate surface area is 164 Å². The van der Waals surface area contributed by atoms with Crippen LogP contribution in [0, 0.1) is 0 Å². The van der Waals surface area contributed by atoms with E-state index in [1.54, 1.807) is 0 Å². The summed E-state index contributed by atoms with van der Waals surface area (Å²) in [5, 5.41) is 4.16. The van der Waals surface area contributed by atoms with Crippen molar-refractivity contribution < 1.29 is 14.1 Å². The number of benzene rings is 1. The highest BCUT2D eigenvalue weighted by Gasteiger charge is 2.35. The number of carbonyl (C=O) groups is 1. The summed E-state index contributed by atoms with van der Waals surface area (Å²) in [5.41, 5.74) is 1.45. The molecule has 5 rings (SSSR count). The molecule has 1 amide bonds. The van der Waals surface area contributed by atoms with Crippen molar-refractivity contribution >= 4 is 5.91 Å². The molecule has 3 fully saturated rings. The largest absolute Gasteiger partial charge is 0.367 e. The van der Waals surface area contributed by atoms with E-state index < -0.39 is 0 Å². The minimum atomic E-state index is -0.148. The molecule has 148 valence electrons. The van der Waals surface area contributed by atoms with Crippen LogP contribution in [0.25, 0.3) is 11.5 Å². The Bertz CT molecular complexity index is 846. The van der Waals surface area contributed by atoms with Gasteiger partial charge in [-0.05, 0) is 56.8 Å². The van der Waals surface area contributed by atoms with Crippen LogP contribution >= 0.6 is 0 Å². The fraction of sp³-hybridized carbons (Fsp3) is 0.571. The monoisotopic (exact) mass is 382 g/mol. The zero-order valence-electron chi connectivity index (χ0n) is 16.0. The lowest BCUT2D eigenvalue weighted by molar-refractivity contribution is -0.0548. The number of morpholine rings is 1. The first-order valence-electron chi connectivity index (χ1n) is 10.4. The van der Waals surface area contributed by atoms with Gasteiger partial charge in [0.1, 0.15) is 6.10 Å². The minimum absolute atomic E-state index is 0.0805. The second kappa shape index (κ2) is 7.64. The number of rotatable bonds is 3. The van der Waals surface area contributed by atoms with Gasteiger partial charge in [-0.15, -0.1) is 0 Å². The third-order valence-electron chi connectivity index (χ3n) is 6.12. The number of hydrogen-bond donors (Lipinski definition) is 0. The molecule has 4 heterocycles. The van der Waals surface area contributed by atoms with E-state index in [1.165, 1.54) is 19.3 Å². The van der Waals surface area contributed by atoms with Gasteiger partial charge >= 0.3 is 0 Å². The number of fused-ring (bicyclic) bond motifs is 1. The van der Waals surface area contributed by atoms with E-state index in [2.05, 4.69) is 15.0 Å². The predicted octanol–water partition coefficient (Wildman–Crippen LogP) is 2.90. The molecule has 7 nitrogen and oxygen atoms in total. The van der Waals surface area contributed by atoms with Gasteiger partial charge in [-0.3, -0.25) is 9.69 Å². The van der Waals surface area contributed by atoms with E-state index in [1.807, 2.05) is 29.2 Å². The maximum absolute atomic E-state index is 12.8. The lowest BCUT2D eigenvalue weighted by Gasteiger charge is -2.33. The van der Waals surface area contributed by atoms with Crippen molar-refractivity contribution in [3.8, 4) is 11.5 Å². The second-order valence-electron chi connectivity index (χ2n) is 8.00. The van der Waals surface area contributed by atoms with Gasteiger partial charge in [-0.2, -0.15) is 4.98 Å². The average Bonchev–Trinajstić information content (AvgIpc) is 3.43. The molecular weight excluding hydrogens is 356 g/mol. The lowest BCUT2D eigenvalue weighted by Crippen LogP contribution is -2.42. The predicted molar refractivity (Wildman–Crippen MR) is 103 cm³/mol. The second-order valence-corrected chi connectivity index (χ2v) is 8.00. The molecule has 3 aliphatic rings. The summed E-state index contributed by atoms with van der Waals surface area (Å²) >= 11 is 0. The molecule has 2 atom stereocenters. The third kappa shape index (κ3) is 3.44. The Hall–Kier alpha value is -2.25. The highest BCUT2D eigenvalue weighted by Crippen LogP contribution is 2.30. The quantitative estimate of drug-likeness (QED) is 0.813. The Balaban J connectivity index is 1.32. The zero-order chi connectivity index (χ0) is 18.9.